The molecule has 0 aliphatic heterocycles. The van der Waals surface area contributed by atoms with Crippen LogP contribution in [0.3, 0.4) is 0 Å². The van der Waals surface area contributed by atoms with Crippen molar-refractivity contribution in [2.24, 2.45) is 0 Å². The third kappa shape index (κ3) is 1.95. The van der Waals surface area contributed by atoms with Crippen molar-refractivity contribution in [3.8, 4) is 5.75 Å². The maximum atomic E-state index is 5.66. The minimum Gasteiger partial charge on any atom is -0.494 e. The Morgan fingerprint density at radius 2 is 1.93 bits per heavy atom. The molecule has 1 aromatic rings. The van der Waals surface area contributed by atoms with Crippen molar-refractivity contribution in [1.29, 1.82) is 0 Å². The predicted molar refractivity (Wildman–Crippen MR) is 61.5 cm³/mol. The minimum absolute atomic E-state index is 0.389. The van der Waals surface area contributed by atoms with E-state index in [0.29, 0.717) is 6.00 Å². The number of benzene rings is 1. The van der Waals surface area contributed by atoms with Crippen LogP contribution in [0.5, 0.6) is 5.75 Å². The molecule has 0 spiro atoms. The van der Waals surface area contributed by atoms with Crippen LogP contribution in [0.2, 0.25) is 0 Å². The van der Waals surface area contributed by atoms with E-state index in [4.69, 9.17) is 16.3 Å². The summed E-state index contributed by atoms with van der Waals surface area (Å²) in [6.07, 6.45) is 0. The van der Waals surface area contributed by atoms with E-state index in [1.807, 2.05) is 13.8 Å². The van der Waals surface area contributed by atoms with Gasteiger partial charge in [0.15, 0.2) is 0 Å². The Hall–Kier alpha value is -0.890. The average Bonchev–Trinajstić information content (AvgIpc) is 2.15. The van der Waals surface area contributed by atoms with Gasteiger partial charge in [-0.15, -0.1) is 11.6 Å². The zero-order chi connectivity index (χ0) is 10.7. The Kier molecular flexibility index (Phi) is 3.64. The molecule has 1 N–H and O–H groups in total. The number of hydrogen-bond acceptors (Lipinski definition) is 2. The molecular formula is C11H16ClNO. The summed E-state index contributed by atoms with van der Waals surface area (Å²) >= 11 is 5.66. The van der Waals surface area contributed by atoms with E-state index in [0.717, 1.165) is 22.6 Å². The van der Waals surface area contributed by atoms with Crippen LogP contribution in [-0.4, -0.2) is 13.1 Å². The summed E-state index contributed by atoms with van der Waals surface area (Å²) in [5, 5.41) is 3.10. The Morgan fingerprint density at radius 1 is 1.29 bits per heavy atom. The maximum absolute atomic E-state index is 5.66. The van der Waals surface area contributed by atoms with Gasteiger partial charge >= 0.3 is 0 Å². The molecule has 14 heavy (non-hydrogen) atoms. The Morgan fingerprint density at radius 3 is 2.43 bits per heavy atom. The van der Waals surface area contributed by atoms with Gasteiger partial charge in [0.05, 0.1) is 18.8 Å². The SMILES string of the molecule is COc1c(C)c(C)cc(C)c1NCCl. The number of halogens is 1. The van der Waals surface area contributed by atoms with Crippen molar-refractivity contribution in [2.45, 2.75) is 20.8 Å². The summed E-state index contributed by atoms with van der Waals surface area (Å²) < 4.78 is 5.37. The quantitative estimate of drug-likeness (QED) is 0.615. The molecule has 0 saturated heterocycles. The van der Waals surface area contributed by atoms with Crippen molar-refractivity contribution in [3.63, 3.8) is 0 Å². The van der Waals surface area contributed by atoms with Crippen LogP contribution >= 0.6 is 11.6 Å². The highest BCUT2D eigenvalue weighted by atomic mass is 35.5. The van der Waals surface area contributed by atoms with Crippen molar-refractivity contribution in [3.05, 3.63) is 22.8 Å². The van der Waals surface area contributed by atoms with E-state index in [-0.39, 0.29) is 0 Å². The molecule has 0 fully saturated rings. The number of anilines is 1. The standard InChI is InChI=1S/C11H16ClNO/c1-7-5-8(2)10(13-6-12)11(14-4)9(7)3/h5,13H,6H2,1-4H3. The summed E-state index contributed by atoms with van der Waals surface area (Å²) in [5.74, 6) is 0.892. The Bertz CT molecular complexity index is 337. The first-order chi connectivity index (χ1) is 6.61. The molecule has 3 heteroatoms. The van der Waals surface area contributed by atoms with Crippen LogP contribution in [0.25, 0.3) is 0 Å². The van der Waals surface area contributed by atoms with Gasteiger partial charge in [0.25, 0.3) is 0 Å². The topological polar surface area (TPSA) is 21.3 Å². The summed E-state index contributed by atoms with van der Waals surface area (Å²) in [5.41, 5.74) is 4.54. The molecule has 0 atom stereocenters. The molecule has 2 nitrogen and oxygen atoms in total. The number of rotatable bonds is 3. The number of nitrogens with one attached hydrogen (secondary N) is 1. The zero-order valence-corrected chi connectivity index (χ0v) is 9.83. The van der Waals surface area contributed by atoms with Crippen molar-refractivity contribution >= 4 is 17.3 Å². The lowest BCUT2D eigenvalue weighted by Gasteiger charge is -2.16. The number of methoxy groups -OCH3 is 1. The van der Waals surface area contributed by atoms with Crippen LogP contribution < -0.4 is 10.1 Å². The lowest BCUT2D eigenvalue weighted by Crippen LogP contribution is -2.03. The molecule has 0 aliphatic rings. The van der Waals surface area contributed by atoms with Crippen LogP contribution in [0.1, 0.15) is 16.7 Å². The predicted octanol–water partition coefficient (Wildman–Crippen LogP) is 3.23. The van der Waals surface area contributed by atoms with E-state index in [2.05, 4.69) is 18.3 Å². The first kappa shape index (κ1) is 11.2. The van der Waals surface area contributed by atoms with Crippen molar-refractivity contribution in [2.75, 3.05) is 18.4 Å². The van der Waals surface area contributed by atoms with Crippen molar-refractivity contribution in [1.82, 2.24) is 0 Å². The van der Waals surface area contributed by atoms with Gasteiger partial charge in [0.2, 0.25) is 0 Å². The summed E-state index contributed by atoms with van der Waals surface area (Å²) in [6, 6.07) is 2.52. The minimum atomic E-state index is 0.389. The fourth-order valence-electron chi connectivity index (χ4n) is 1.59. The van der Waals surface area contributed by atoms with E-state index in [9.17, 15) is 0 Å². The second-order valence-corrected chi connectivity index (χ2v) is 3.62. The van der Waals surface area contributed by atoms with Crippen LogP contribution in [0.15, 0.2) is 6.07 Å². The van der Waals surface area contributed by atoms with Gasteiger partial charge in [-0.3, -0.25) is 0 Å². The van der Waals surface area contributed by atoms with E-state index >= 15 is 0 Å². The van der Waals surface area contributed by atoms with Crippen LogP contribution in [0, 0.1) is 20.8 Å². The van der Waals surface area contributed by atoms with Crippen LogP contribution in [-0.2, 0) is 0 Å². The second kappa shape index (κ2) is 4.56. The number of aryl methyl sites for hydroxylation is 2. The second-order valence-electron chi connectivity index (χ2n) is 3.35. The monoisotopic (exact) mass is 213 g/mol. The van der Waals surface area contributed by atoms with E-state index < -0.39 is 0 Å². The molecule has 0 radical (unpaired) electrons. The Balaban J connectivity index is 3.31. The smallest absolute Gasteiger partial charge is 0.145 e. The number of hydrogen-bond donors (Lipinski definition) is 1. The highest BCUT2D eigenvalue weighted by Crippen LogP contribution is 2.33. The zero-order valence-electron chi connectivity index (χ0n) is 9.07. The largest absolute Gasteiger partial charge is 0.494 e. The van der Waals surface area contributed by atoms with Gasteiger partial charge in [-0.2, -0.15) is 0 Å². The lowest BCUT2D eigenvalue weighted by atomic mass is 10.0. The highest BCUT2D eigenvalue weighted by molar-refractivity contribution is 6.18. The van der Waals surface area contributed by atoms with Crippen molar-refractivity contribution < 1.29 is 4.74 Å². The molecule has 0 unspecified atom stereocenters. The molecule has 1 aromatic carbocycles. The summed E-state index contributed by atoms with van der Waals surface area (Å²) in [7, 11) is 1.68. The van der Waals surface area contributed by atoms with E-state index in [1.54, 1.807) is 7.11 Å². The molecule has 0 aromatic heterocycles. The normalized spacial score (nSPS) is 10.1. The van der Waals surface area contributed by atoms with Gasteiger partial charge in [-0.25, -0.2) is 0 Å². The molecule has 1 rings (SSSR count). The number of alkyl halides is 1. The van der Waals surface area contributed by atoms with Gasteiger partial charge in [-0.1, -0.05) is 6.07 Å². The highest BCUT2D eigenvalue weighted by Gasteiger charge is 2.11. The lowest BCUT2D eigenvalue weighted by molar-refractivity contribution is 0.413. The Labute approximate surface area is 90.2 Å². The molecule has 0 bridgehead atoms. The number of ether oxygens (including phenoxy) is 1. The van der Waals surface area contributed by atoms with Gasteiger partial charge < -0.3 is 10.1 Å². The molecule has 0 aliphatic carbocycles. The van der Waals surface area contributed by atoms with Crippen LogP contribution in [0.4, 0.5) is 5.69 Å². The molecular weight excluding hydrogens is 198 g/mol. The fourth-order valence-corrected chi connectivity index (χ4v) is 1.73. The first-order valence-corrected chi connectivity index (χ1v) is 5.10. The van der Waals surface area contributed by atoms with Gasteiger partial charge in [-0.05, 0) is 37.5 Å². The molecule has 78 valence electrons. The maximum Gasteiger partial charge on any atom is 0.145 e. The molecule has 0 saturated carbocycles. The molecule has 0 amide bonds. The fraction of sp³-hybridized carbons (Fsp3) is 0.455. The average molecular weight is 214 g/mol. The first-order valence-electron chi connectivity index (χ1n) is 4.56. The summed E-state index contributed by atoms with van der Waals surface area (Å²) in [6.45, 7) is 6.17. The third-order valence-electron chi connectivity index (χ3n) is 2.43. The molecule has 0 heterocycles. The van der Waals surface area contributed by atoms with Gasteiger partial charge in [0.1, 0.15) is 5.75 Å². The van der Waals surface area contributed by atoms with E-state index in [1.165, 1.54) is 5.56 Å². The summed E-state index contributed by atoms with van der Waals surface area (Å²) in [4.78, 5) is 0. The third-order valence-corrected chi connectivity index (χ3v) is 2.57. The van der Waals surface area contributed by atoms with Gasteiger partial charge in [0, 0.05) is 0 Å².